The van der Waals surface area contributed by atoms with E-state index in [-0.39, 0.29) is 10.8 Å². The second kappa shape index (κ2) is 6.74. The average Bonchev–Trinajstić information content (AvgIpc) is 3.05. The normalized spacial score (nSPS) is 14.5. The smallest absolute Gasteiger partial charge is 0.116 e. The molecule has 0 amide bonds. The van der Waals surface area contributed by atoms with Crippen LogP contribution in [0.3, 0.4) is 0 Å². The van der Waals surface area contributed by atoms with E-state index in [1.54, 1.807) is 6.33 Å². The van der Waals surface area contributed by atoms with E-state index in [0.717, 1.165) is 17.0 Å². The molecule has 0 saturated carbocycles. The molecular formula is C31H28N2. The third-order valence-electron chi connectivity index (χ3n) is 7.24. The van der Waals surface area contributed by atoms with Crippen LogP contribution in [-0.2, 0) is 10.8 Å². The van der Waals surface area contributed by atoms with Gasteiger partial charge in [0.15, 0.2) is 0 Å². The molecule has 0 fully saturated rings. The van der Waals surface area contributed by atoms with Gasteiger partial charge in [0.25, 0.3) is 0 Å². The number of rotatable bonds is 1. The molecule has 5 aromatic rings. The standard InChI is InChI=1S/C31H28N2/c1-30(2,3)23-14-12-20-13-15-24-26-28(22-11-10-19-8-6-7-9-21(19)16-22)32-18-33-29(26)31(4,5)27(24)25(20)17-23/h6-18H,1-5H3. The van der Waals surface area contributed by atoms with Crippen molar-refractivity contribution in [2.75, 3.05) is 0 Å². The van der Waals surface area contributed by atoms with E-state index < -0.39 is 0 Å². The minimum atomic E-state index is -0.199. The second-order valence-corrected chi connectivity index (χ2v) is 10.8. The first-order chi connectivity index (χ1) is 15.7. The highest BCUT2D eigenvalue weighted by Crippen LogP contribution is 2.53. The lowest BCUT2D eigenvalue weighted by molar-refractivity contribution is 0.590. The van der Waals surface area contributed by atoms with Crippen molar-refractivity contribution in [3.05, 3.63) is 95.9 Å². The van der Waals surface area contributed by atoms with E-state index in [2.05, 4.69) is 107 Å². The fourth-order valence-electron chi connectivity index (χ4n) is 5.46. The van der Waals surface area contributed by atoms with Crippen LogP contribution in [0.5, 0.6) is 0 Å². The Morgan fingerprint density at radius 1 is 0.727 bits per heavy atom. The number of hydrogen-bond donors (Lipinski definition) is 0. The van der Waals surface area contributed by atoms with Crippen molar-refractivity contribution in [1.82, 2.24) is 9.97 Å². The Bertz CT molecular complexity index is 1570. The van der Waals surface area contributed by atoms with Gasteiger partial charge in [0.2, 0.25) is 0 Å². The van der Waals surface area contributed by atoms with Crippen molar-refractivity contribution in [2.24, 2.45) is 0 Å². The number of aromatic nitrogens is 2. The van der Waals surface area contributed by atoms with E-state index in [1.807, 2.05) is 0 Å². The first-order valence-corrected chi connectivity index (χ1v) is 11.7. The van der Waals surface area contributed by atoms with E-state index >= 15 is 0 Å². The molecule has 4 aromatic carbocycles. The molecule has 0 N–H and O–H groups in total. The van der Waals surface area contributed by atoms with Crippen LogP contribution in [0.4, 0.5) is 0 Å². The van der Waals surface area contributed by atoms with Crippen molar-refractivity contribution < 1.29 is 0 Å². The Kier molecular flexibility index (Phi) is 4.11. The summed E-state index contributed by atoms with van der Waals surface area (Å²) in [6.07, 6.45) is 1.74. The van der Waals surface area contributed by atoms with Crippen LogP contribution in [0.2, 0.25) is 0 Å². The van der Waals surface area contributed by atoms with Gasteiger partial charge in [0.1, 0.15) is 6.33 Å². The maximum absolute atomic E-state index is 4.84. The van der Waals surface area contributed by atoms with Gasteiger partial charge in [-0.2, -0.15) is 0 Å². The molecule has 2 heteroatoms. The van der Waals surface area contributed by atoms with Gasteiger partial charge in [0, 0.05) is 16.5 Å². The molecule has 0 unspecified atom stereocenters. The number of nitrogens with zero attached hydrogens (tertiary/aromatic N) is 2. The molecule has 0 spiro atoms. The molecule has 2 nitrogen and oxygen atoms in total. The summed E-state index contributed by atoms with van der Waals surface area (Å²) in [5.41, 5.74) is 8.33. The van der Waals surface area contributed by atoms with Gasteiger partial charge >= 0.3 is 0 Å². The third kappa shape index (κ3) is 2.94. The molecule has 0 atom stereocenters. The fourth-order valence-corrected chi connectivity index (χ4v) is 5.46. The summed E-state index contributed by atoms with van der Waals surface area (Å²) >= 11 is 0. The predicted molar refractivity (Wildman–Crippen MR) is 139 cm³/mol. The monoisotopic (exact) mass is 428 g/mol. The summed E-state index contributed by atoms with van der Waals surface area (Å²) in [7, 11) is 0. The van der Waals surface area contributed by atoms with Gasteiger partial charge < -0.3 is 0 Å². The zero-order chi connectivity index (χ0) is 23.0. The van der Waals surface area contributed by atoms with E-state index in [0.29, 0.717) is 0 Å². The van der Waals surface area contributed by atoms with E-state index in [9.17, 15) is 0 Å². The molecular weight excluding hydrogens is 400 g/mol. The third-order valence-corrected chi connectivity index (χ3v) is 7.24. The van der Waals surface area contributed by atoms with Crippen LogP contribution in [0.1, 0.15) is 51.4 Å². The lowest BCUT2D eigenvalue weighted by atomic mass is 9.80. The minimum Gasteiger partial charge on any atom is -0.240 e. The van der Waals surface area contributed by atoms with Crippen LogP contribution < -0.4 is 0 Å². The summed E-state index contributed by atoms with van der Waals surface area (Å²) in [5, 5.41) is 5.08. The SMILES string of the molecule is CC(C)(C)c1ccc2ccc3c(c2c1)C(C)(C)c1ncnc(-c2ccc4ccccc4c2)c1-3. The topological polar surface area (TPSA) is 25.8 Å². The largest absolute Gasteiger partial charge is 0.240 e. The quantitative estimate of drug-likeness (QED) is 0.270. The Hall–Kier alpha value is -3.52. The summed E-state index contributed by atoms with van der Waals surface area (Å²) < 4.78 is 0. The van der Waals surface area contributed by atoms with Gasteiger partial charge in [-0.1, -0.05) is 101 Å². The van der Waals surface area contributed by atoms with Gasteiger partial charge in [-0.05, 0) is 49.7 Å². The van der Waals surface area contributed by atoms with Crippen LogP contribution in [0, 0.1) is 0 Å². The first kappa shape index (κ1) is 20.1. The lowest BCUT2D eigenvalue weighted by Crippen LogP contribution is -2.18. The number of fused-ring (bicyclic) bond motifs is 6. The van der Waals surface area contributed by atoms with Crippen molar-refractivity contribution in [3.63, 3.8) is 0 Å². The second-order valence-electron chi connectivity index (χ2n) is 10.8. The molecule has 1 aliphatic carbocycles. The fraction of sp³-hybridized carbons (Fsp3) is 0.226. The predicted octanol–water partition coefficient (Wildman–Crippen LogP) is 8.05. The maximum Gasteiger partial charge on any atom is 0.116 e. The average molecular weight is 429 g/mol. The van der Waals surface area contributed by atoms with Crippen molar-refractivity contribution in [3.8, 4) is 22.4 Å². The zero-order valence-electron chi connectivity index (χ0n) is 19.9. The highest BCUT2D eigenvalue weighted by Gasteiger charge is 2.40. The van der Waals surface area contributed by atoms with Crippen molar-refractivity contribution >= 4 is 21.5 Å². The Labute approximate surface area is 195 Å². The molecule has 1 aromatic heterocycles. The molecule has 33 heavy (non-hydrogen) atoms. The zero-order valence-corrected chi connectivity index (χ0v) is 19.9. The summed E-state index contributed by atoms with van der Waals surface area (Å²) in [6.45, 7) is 11.4. The first-order valence-electron chi connectivity index (χ1n) is 11.7. The molecule has 6 rings (SSSR count). The molecule has 0 aliphatic heterocycles. The highest BCUT2D eigenvalue weighted by molar-refractivity contribution is 6.01. The van der Waals surface area contributed by atoms with Crippen LogP contribution >= 0.6 is 0 Å². The molecule has 1 heterocycles. The van der Waals surface area contributed by atoms with Gasteiger partial charge in [0.05, 0.1) is 11.4 Å². The Balaban J connectivity index is 1.65. The minimum absolute atomic E-state index is 0.0998. The van der Waals surface area contributed by atoms with Crippen LogP contribution in [0.25, 0.3) is 43.9 Å². The summed E-state index contributed by atoms with van der Waals surface area (Å²) in [4.78, 5) is 9.66. The Morgan fingerprint density at radius 2 is 1.45 bits per heavy atom. The number of benzene rings is 4. The molecule has 0 saturated heterocycles. The molecule has 162 valence electrons. The highest BCUT2D eigenvalue weighted by atomic mass is 14.9. The van der Waals surface area contributed by atoms with Gasteiger partial charge in [-0.25, -0.2) is 9.97 Å². The van der Waals surface area contributed by atoms with Gasteiger partial charge in [-0.15, -0.1) is 0 Å². The lowest BCUT2D eigenvalue weighted by Gasteiger charge is -2.24. The van der Waals surface area contributed by atoms with E-state index in [4.69, 9.17) is 9.97 Å². The number of hydrogen-bond acceptors (Lipinski definition) is 2. The maximum atomic E-state index is 4.84. The molecule has 0 radical (unpaired) electrons. The van der Waals surface area contributed by atoms with Crippen molar-refractivity contribution in [1.29, 1.82) is 0 Å². The van der Waals surface area contributed by atoms with E-state index in [1.165, 1.54) is 43.8 Å². The Morgan fingerprint density at radius 3 is 2.24 bits per heavy atom. The molecule has 1 aliphatic rings. The summed E-state index contributed by atoms with van der Waals surface area (Å²) in [5.74, 6) is 0. The van der Waals surface area contributed by atoms with Crippen molar-refractivity contribution in [2.45, 2.75) is 45.4 Å². The van der Waals surface area contributed by atoms with Crippen LogP contribution in [0.15, 0.2) is 79.1 Å². The van der Waals surface area contributed by atoms with Crippen LogP contribution in [-0.4, -0.2) is 9.97 Å². The molecule has 0 bridgehead atoms. The summed E-state index contributed by atoms with van der Waals surface area (Å²) in [6, 6.07) is 26.6. The van der Waals surface area contributed by atoms with Gasteiger partial charge in [-0.3, -0.25) is 0 Å².